The Morgan fingerprint density at radius 3 is 2.78 bits per heavy atom. The highest BCUT2D eigenvalue weighted by Crippen LogP contribution is 2.36. The second-order valence-corrected chi connectivity index (χ2v) is 4.94. The highest BCUT2D eigenvalue weighted by Gasteiger charge is 2.33. The summed E-state index contributed by atoms with van der Waals surface area (Å²) in [6.07, 6.45) is 6.77. The molecule has 1 aromatic heterocycles. The molecule has 0 bridgehead atoms. The largest absolute Gasteiger partial charge is 0.505 e. The Kier molecular flexibility index (Phi) is 3.81. The van der Waals surface area contributed by atoms with E-state index in [-0.39, 0.29) is 29.2 Å². The van der Waals surface area contributed by atoms with Crippen molar-refractivity contribution in [1.29, 1.82) is 0 Å². The number of nitrogens with one attached hydrogen (secondary N) is 1. The summed E-state index contributed by atoms with van der Waals surface area (Å²) >= 11 is 0. The average Bonchev–Trinajstić information content (AvgIpc) is 2.86. The molecule has 18 heavy (non-hydrogen) atoms. The molecular formula is C13H18N2O3. The van der Waals surface area contributed by atoms with Crippen LogP contribution < -0.4 is 5.32 Å². The maximum Gasteiger partial charge on any atom is 0.255 e. The van der Waals surface area contributed by atoms with Gasteiger partial charge in [0.15, 0.2) is 0 Å². The Morgan fingerprint density at radius 1 is 1.44 bits per heavy atom. The van der Waals surface area contributed by atoms with Crippen molar-refractivity contribution >= 4 is 5.91 Å². The minimum atomic E-state index is -0.324. The molecular weight excluding hydrogens is 232 g/mol. The zero-order valence-corrected chi connectivity index (χ0v) is 10.2. The van der Waals surface area contributed by atoms with E-state index in [0.29, 0.717) is 6.54 Å². The maximum atomic E-state index is 11.9. The van der Waals surface area contributed by atoms with Gasteiger partial charge in [0.2, 0.25) is 0 Å². The summed E-state index contributed by atoms with van der Waals surface area (Å²) < 4.78 is 0. The van der Waals surface area contributed by atoms with Crippen molar-refractivity contribution in [2.75, 3.05) is 13.2 Å². The van der Waals surface area contributed by atoms with E-state index >= 15 is 0 Å². The average molecular weight is 250 g/mol. The number of nitrogens with zero attached hydrogens (tertiary/aromatic N) is 1. The molecule has 1 aromatic rings. The first-order valence-electron chi connectivity index (χ1n) is 6.19. The fourth-order valence-electron chi connectivity index (χ4n) is 2.46. The van der Waals surface area contributed by atoms with Crippen LogP contribution in [-0.4, -0.2) is 34.3 Å². The first-order chi connectivity index (χ1) is 8.67. The van der Waals surface area contributed by atoms with Gasteiger partial charge in [0, 0.05) is 18.2 Å². The third kappa shape index (κ3) is 2.61. The monoisotopic (exact) mass is 250 g/mol. The number of hydrogen-bond acceptors (Lipinski definition) is 4. The second kappa shape index (κ2) is 5.35. The lowest BCUT2D eigenvalue weighted by Crippen LogP contribution is -2.38. The van der Waals surface area contributed by atoms with E-state index in [4.69, 9.17) is 0 Å². The molecule has 5 heteroatoms. The Labute approximate surface area is 106 Å². The number of amides is 1. The normalized spacial score (nSPS) is 17.6. The van der Waals surface area contributed by atoms with Gasteiger partial charge in [-0.15, -0.1) is 0 Å². The number of aliphatic hydroxyl groups excluding tert-OH is 1. The van der Waals surface area contributed by atoms with E-state index in [1.807, 2.05) is 0 Å². The third-order valence-corrected chi connectivity index (χ3v) is 3.67. The van der Waals surface area contributed by atoms with Crippen LogP contribution in [0.2, 0.25) is 0 Å². The van der Waals surface area contributed by atoms with Crippen LogP contribution in [0.4, 0.5) is 0 Å². The van der Waals surface area contributed by atoms with Gasteiger partial charge in [0.25, 0.3) is 5.91 Å². The molecule has 1 fully saturated rings. The highest BCUT2D eigenvalue weighted by atomic mass is 16.3. The van der Waals surface area contributed by atoms with Crippen LogP contribution in [0.25, 0.3) is 0 Å². The van der Waals surface area contributed by atoms with Crippen LogP contribution in [0.1, 0.15) is 36.0 Å². The topological polar surface area (TPSA) is 82.5 Å². The summed E-state index contributed by atoms with van der Waals surface area (Å²) in [7, 11) is 0. The van der Waals surface area contributed by atoms with Crippen LogP contribution in [0.15, 0.2) is 18.5 Å². The Hall–Kier alpha value is -1.62. The zero-order valence-electron chi connectivity index (χ0n) is 10.2. The fourth-order valence-corrected chi connectivity index (χ4v) is 2.46. The minimum absolute atomic E-state index is 0.0929. The van der Waals surface area contributed by atoms with Crippen LogP contribution in [0.5, 0.6) is 5.75 Å². The van der Waals surface area contributed by atoms with Gasteiger partial charge in [-0.2, -0.15) is 0 Å². The Bertz CT molecular complexity index is 428. The van der Waals surface area contributed by atoms with Crippen LogP contribution >= 0.6 is 0 Å². The molecule has 5 nitrogen and oxygen atoms in total. The number of hydrogen-bond donors (Lipinski definition) is 3. The van der Waals surface area contributed by atoms with Gasteiger partial charge in [-0.05, 0) is 18.9 Å². The second-order valence-electron chi connectivity index (χ2n) is 4.94. The fraction of sp³-hybridized carbons (Fsp3) is 0.538. The van der Waals surface area contributed by atoms with E-state index in [1.54, 1.807) is 0 Å². The van der Waals surface area contributed by atoms with Crippen LogP contribution in [-0.2, 0) is 0 Å². The first-order valence-corrected chi connectivity index (χ1v) is 6.19. The molecule has 0 unspecified atom stereocenters. The summed E-state index contributed by atoms with van der Waals surface area (Å²) in [4.78, 5) is 15.6. The molecule has 1 amide bonds. The van der Waals surface area contributed by atoms with Crippen molar-refractivity contribution in [3.8, 4) is 5.75 Å². The molecule has 0 radical (unpaired) electrons. The Balaban J connectivity index is 1.98. The SMILES string of the molecule is O=C(NCC1(CO)CCCC1)c1ccncc1O. The van der Waals surface area contributed by atoms with Crippen molar-refractivity contribution in [3.63, 3.8) is 0 Å². The predicted molar refractivity (Wildman–Crippen MR) is 66.2 cm³/mol. The van der Waals surface area contributed by atoms with Gasteiger partial charge in [-0.25, -0.2) is 0 Å². The van der Waals surface area contributed by atoms with Gasteiger partial charge in [-0.1, -0.05) is 12.8 Å². The molecule has 0 aliphatic heterocycles. The molecule has 0 saturated heterocycles. The van der Waals surface area contributed by atoms with Crippen molar-refractivity contribution in [3.05, 3.63) is 24.0 Å². The van der Waals surface area contributed by atoms with E-state index in [9.17, 15) is 15.0 Å². The summed E-state index contributed by atoms with van der Waals surface area (Å²) in [6.45, 7) is 0.541. The quantitative estimate of drug-likeness (QED) is 0.746. The van der Waals surface area contributed by atoms with Crippen molar-refractivity contribution in [1.82, 2.24) is 10.3 Å². The summed E-state index contributed by atoms with van der Waals surface area (Å²) in [5.74, 6) is -0.450. The molecule has 98 valence electrons. The highest BCUT2D eigenvalue weighted by molar-refractivity contribution is 5.96. The lowest BCUT2D eigenvalue weighted by Gasteiger charge is -2.26. The van der Waals surface area contributed by atoms with Gasteiger partial charge in [0.05, 0.1) is 18.4 Å². The first kappa shape index (κ1) is 12.8. The number of carbonyl (C=O) groups is 1. The number of aromatic nitrogens is 1. The zero-order chi connectivity index (χ0) is 13.0. The van der Waals surface area contributed by atoms with E-state index < -0.39 is 0 Å². The Morgan fingerprint density at radius 2 is 2.17 bits per heavy atom. The smallest absolute Gasteiger partial charge is 0.255 e. The molecule has 1 saturated carbocycles. The molecule has 2 rings (SSSR count). The molecule has 1 aliphatic carbocycles. The number of carbonyl (C=O) groups excluding carboxylic acids is 1. The molecule has 0 aromatic carbocycles. The third-order valence-electron chi connectivity index (χ3n) is 3.67. The maximum absolute atomic E-state index is 11.9. The number of pyridine rings is 1. The molecule has 1 aliphatic rings. The minimum Gasteiger partial charge on any atom is -0.505 e. The summed E-state index contributed by atoms with van der Waals surface area (Å²) in [5.41, 5.74) is 0.0364. The van der Waals surface area contributed by atoms with Gasteiger partial charge in [-0.3, -0.25) is 9.78 Å². The van der Waals surface area contributed by atoms with E-state index in [1.165, 1.54) is 18.5 Å². The summed E-state index contributed by atoms with van der Waals surface area (Å²) in [6, 6.07) is 1.48. The van der Waals surface area contributed by atoms with Crippen molar-refractivity contribution < 1.29 is 15.0 Å². The van der Waals surface area contributed by atoms with Crippen LogP contribution in [0, 0.1) is 5.41 Å². The molecule has 3 N–H and O–H groups in total. The summed E-state index contributed by atoms with van der Waals surface area (Å²) in [5, 5.41) is 21.8. The standard InChI is InChI=1S/C13H18N2O3/c16-9-13(4-1-2-5-13)8-15-12(18)10-3-6-14-7-11(10)17/h3,6-7,16-17H,1-2,4-5,8-9H2,(H,15,18). The molecule has 0 atom stereocenters. The van der Waals surface area contributed by atoms with E-state index in [0.717, 1.165) is 25.7 Å². The van der Waals surface area contributed by atoms with Gasteiger partial charge < -0.3 is 15.5 Å². The number of aliphatic hydroxyl groups is 1. The molecule has 0 spiro atoms. The van der Waals surface area contributed by atoms with Gasteiger partial charge in [0.1, 0.15) is 5.75 Å². The van der Waals surface area contributed by atoms with Crippen LogP contribution in [0.3, 0.4) is 0 Å². The lowest BCUT2D eigenvalue weighted by molar-refractivity contribution is 0.0878. The lowest BCUT2D eigenvalue weighted by atomic mass is 9.87. The number of rotatable bonds is 4. The number of aromatic hydroxyl groups is 1. The predicted octanol–water partition coefficient (Wildman–Crippen LogP) is 1.07. The van der Waals surface area contributed by atoms with E-state index in [2.05, 4.69) is 10.3 Å². The van der Waals surface area contributed by atoms with Crippen molar-refractivity contribution in [2.24, 2.45) is 5.41 Å². The van der Waals surface area contributed by atoms with Crippen molar-refractivity contribution in [2.45, 2.75) is 25.7 Å². The molecule has 1 heterocycles. The van der Waals surface area contributed by atoms with Gasteiger partial charge >= 0.3 is 0 Å².